The van der Waals surface area contributed by atoms with E-state index in [0.717, 1.165) is 19.3 Å². The zero-order chi connectivity index (χ0) is 14.5. The summed E-state index contributed by atoms with van der Waals surface area (Å²) in [5, 5.41) is 0.272. The van der Waals surface area contributed by atoms with Gasteiger partial charge in [0.2, 0.25) is 0 Å². The van der Waals surface area contributed by atoms with Crippen molar-refractivity contribution in [3.63, 3.8) is 0 Å². The van der Waals surface area contributed by atoms with E-state index in [1.54, 1.807) is 0 Å². The van der Waals surface area contributed by atoms with E-state index in [1.807, 2.05) is 0 Å². The summed E-state index contributed by atoms with van der Waals surface area (Å²) in [5.41, 5.74) is 0. The minimum atomic E-state index is -1.62. The predicted octanol–water partition coefficient (Wildman–Crippen LogP) is 4.57. The lowest BCUT2D eigenvalue weighted by molar-refractivity contribution is -0.108. The second-order valence-electron chi connectivity index (χ2n) is 7.26. The van der Waals surface area contributed by atoms with E-state index < -0.39 is 8.32 Å². The molecule has 110 valence electrons. The maximum absolute atomic E-state index is 10.6. The van der Waals surface area contributed by atoms with Gasteiger partial charge in [0.15, 0.2) is 8.32 Å². The Kier molecular flexibility index (Phi) is 6.00. The molecule has 3 heteroatoms. The molecular weight excluding hydrogens is 252 g/mol. The smallest absolute Gasteiger partial charge is 0.192 e. The number of hydrogen-bond acceptors (Lipinski definition) is 2. The molecule has 0 aromatic heterocycles. The van der Waals surface area contributed by atoms with Crippen LogP contribution < -0.4 is 0 Å². The van der Waals surface area contributed by atoms with Gasteiger partial charge in [0.25, 0.3) is 0 Å². The Morgan fingerprint density at radius 3 is 2.53 bits per heavy atom. The third-order valence-electron chi connectivity index (χ3n) is 4.85. The van der Waals surface area contributed by atoms with Crippen molar-refractivity contribution in [1.29, 1.82) is 0 Å². The monoisotopic (exact) mass is 282 g/mol. The van der Waals surface area contributed by atoms with Crippen LogP contribution in [0.1, 0.15) is 46.5 Å². The highest BCUT2D eigenvalue weighted by molar-refractivity contribution is 6.74. The van der Waals surface area contributed by atoms with Crippen LogP contribution in [0, 0.1) is 11.8 Å². The molecule has 0 radical (unpaired) electrons. The maximum Gasteiger partial charge on any atom is 0.192 e. The van der Waals surface area contributed by atoms with Crippen molar-refractivity contribution < 1.29 is 9.22 Å². The Labute approximate surface area is 119 Å². The molecule has 0 aromatic carbocycles. The number of allylic oxidation sites excluding steroid dienone is 1. The summed E-state index contributed by atoms with van der Waals surface area (Å²) in [5.74, 6) is 1.16. The molecule has 2 atom stereocenters. The van der Waals surface area contributed by atoms with Gasteiger partial charge in [-0.1, -0.05) is 39.3 Å². The van der Waals surface area contributed by atoms with Gasteiger partial charge in [-0.2, -0.15) is 0 Å². The van der Waals surface area contributed by atoms with Crippen molar-refractivity contribution in [1.82, 2.24) is 0 Å². The molecule has 0 unspecified atom stereocenters. The summed E-state index contributed by atoms with van der Waals surface area (Å²) in [6.45, 7) is 12.1. The Balaban J connectivity index is 2.40. The summed E-state index contributed by atoms with van der Waals surface area (Å²) in [6.07, 6.45) is 9.95. The topological polar surface area (TPSA) is 26.3 Å². The molecule has 0 saturated heterocycles. The van der Waals surface area contributed by atoms with Crippen LogP contribution in [-0.4, -0.2) is 21.2 Å². The van der Waals surface area contributed by atoms with Crippen LogP contribution in [0.25, 0.3) is 0 Å². The molecule has 2 nitrogen and oxygen atoms in total. The molecule has 0 spiro atoms. The first kappa shape index (κ1) is 16.6. The molecule has 1 saturated carbocycles. The zero-order valence-electron chi connectivity index (χ0n) is 13.2. The number of rotatable bonds is 6. The lowest BCUT2D eigenvalue weighted by atomic mass is 9.93. The van der Waals surface area contributed by atoms with Crippen LogP contribution in [0.3, 0.4) is 0 Å². The number of aldehydes is 1. The first-order valence-electron chi connectivity index (χ1n) is 7.52. The first-order chi connectivity index (χ1) is 8.78. The fourth-order valence-electron chi connectivity index (χ4n) is 2.44. The van der Waals surface area contributed by atoms with Crippen molar-refractivity contribution in [2.45, 2.75) is 64.6 Å². The summed E-state index contributed by atoms with van der Waals surface area (Å²) < 4.78 is 6.13. The van der Waals surface area contributed by atoms with E-state index in [-0.39, 0.29) is 5.04 Å². The molecule has 1 aliphatic carbocycles. The summed E-state index contributed by atoms with van der Waals surface area (Å²) in [4.78, 5) is 10.6. The van der Waals surface area contributed by atoms with Crippen LogP contribution in [-0.2, 0) is 9.22 Å². The molecule has 0 amide bonds. The fraction of sp³-hybridized carbons (Fsp3) is 0.812. The van der Waals surface area contributed by atoms with Crippen molar-refractivity contribution in [3.05, 3.63) is 12.2 Å². The quantitative estimate of drug-likeness (QED) is 0.405. The summed E-state index contributed by atoms with van der Waals surface area (Å²) in [7, 11) is -1.62. The van der Waals surface area contributed by atoms with Crippen LogP contribution in [0.2, 0.25) is 18.1 Å². The molecule has 1 aliphatic rings. The highest BCUT2D eigenvalue weighted by atomic mass is 28.4. The van der Waals surface area contributed by atoms with Crippen LogP contribution in [0.4, 0.5) is 0 Å². The molecule has 0 aliphatic heterocycles. The molecule has 1 fully saturated rings. The minimum Gasteiger partial charge on any atom is -0.413 e. The lowest BCUT2D eigenvalue weighted by Gasteiger charge is -2.35. The number of carbonyl (C=O) groups is 1. The second-order valence-corrected chi connectivity index (χ2v) is 12.1. The van der Waals surface area contributed by atoms with E-state index in [9.17, 15) is 4.79 Å². The fourth-order valence-corrected chi connectivity index (χ4v) is 3.38. The van der Waals surface area contributed by atoms with Crippen molar-refractivity contribution in [2.24, 2.45) is 11.8 Å². The third kappa shape index (κ3) is 4.88. The third-order valence-corrected chi connectivity index (χ3v) is 9.35. The summed E-state index contributed by atoms with van der Waals surface area (Å²) >= 11 is 0. The van der Waals surface area contributed by atoms with Crippen LogP contribution in [0.15, 0.2) is 12.2 Å². The average Bonchev–Trinajstić information content (AvgIpc) is 2.71. The van der Waals surface area contributed by atoms with E-state index in [4.69, 9.17) is 4.43 Å². The van der Waals surface area contributed by atoms with Gasteiger partial charge in [0.1, 0.15) is 6.29 Å². The number of hydrogen-bond donors (Lipinski definition) is 0. The van der Waals surface area contributed by atoms with E-state index in [0.29, 0.717) is 11.8 Å². The number of carbonyl (C=O) groups excluding carboxylic acids is 1. The molecule has 0 aromatic rings. The Hall–Kier alpha value is -0.413. The molecule has 0 bridgehead atoms. The lowest BCUT2D eigenvalue weighted by Crippen LogP contribution is -2.40. The average molecular weight is 282 g/mol. The SMILES string of the molecule is CC(C)(C)[Si](C)(C)OC/C=C/[C@H]1CCC[C@H]1CC=O. The first-order valence-corrected chi connectivity index (χ1v) is 10.4. The molecule has 19 heavy (non-hydrogen) atoms. The van der Waals surface area contributed by atoms with Gasteiger partial charge in [-0.15, -0.1) is 0 Å². The van der Waals surface area contributed by atoms with Gasteiger partial charge < -0.3 is 9.22 Å². The minimum absolute atomic E-state index is 0.272. The van der Waals surface area contributed by atoms with Crippen LogP contribution >= 0.6 is 0 Å². The molecule has 0 heterocycles. The van der Waals surface area contributed by atoms with Crippen molar-refractivity contribution >= 4 is 14.6 Å². The Morgan fingerprint density at radius 2 is 1.95 bits per heavy atom. The standard InChI is InChI=1S/C16H30O2Si/c1-16(2,3)19(4,5)18-13-7-10-14-8-6-9-15(14)11-12-17/h7,10,12,14-15H,6,8-9,11,13H2,1-5H3/b10-7+/t14-,15+/m1/s1. The second kappa shape index (κ2) is 6.85. The highest BCUT2D eigenvalue weighted by Gasteiger charge is 2.36. The largest absolute Gasteiger partial charge is 0.413 e. The molecule has 0 N–H and O–H groups in total. The normalized spacial score (nSPS) is 25.1. The summed E-state index contributed by atoms with van der Waals surface area (Å²) in [6, 6.07) is 0. The van der Waals surface area contributed by atoms with Crippen LogP contribution in [0.5, 0.6) is 0 Å². The van der Waals surface area contributed by atoms with Gasteiger partial charge >= 0.3 is 0 Å². The van der Waals surface area contributed by atoms with Crippen molar-refractivity contribution in [2.75, 3.05) is 6.61 Å². The maximum atomic E-state index is 10.6. The Bertz CT molecular complexity index is 315. The molecular formula is C16H30O2Si. The predicted molar refractivity (Wildman–Crippen MR) is 83.8 cm³/mol. The van der Waals surface area contributed by atoms with Crippen molar-refractivity contribution in [3.8, 4) is 0 Å². The van der Waals surface area contributed by atoms with Gasteiger partial charge in [0, 0.05) is 6.42 Å². The highest BCUT2D eigenvalue weighted by Crippen LogP contribution is 2.37. The molecule has 1 rings (SSSR count). The van der Waals surface area contributed by atoms with E-state index >= 15 is 0 Å². The Morgan fingerprint density at radius 1 is 1.26 bits per heavy atom. The van der Waals surface area contributed by atoms with E-state index in [1.165, 1.54) is 19.3 Å². The van der Waals surface area contributed by atoms with Gasteiger partial charge in [0.05, 0.1) is 6.61 Å². The van der Waals surface area contributed by atoms with Gasteiger partial charge in [-0.05, 0) is 42.8 Å². The van der Waals surface area contributed by atoms with E-state index in [2.05, 4.69) is 46.0 Å². The zero-order valence-corrected chi connectivity index (χ0v) is 14.2. The van der Waals surface area contributed by atoms with Gasteiger partial charge in [-0.25, -0.2) is 0 Å². The van der Waals surface area contributed by atoms with Gasteiger partial charge in [-0.3, -0.25) is 0 Å².